The first kappa shape index (κ1) is 18.6. The van der Waals surface area contributed by atoms with Crippen molar-refractivity contribution in [2.24, 2.45) is 5.92 Å². The number of piperidine rings is 1. The summed E-state index contributed by atoms with van der Waals surface area (Å²) in [5, 5.41) is 2.85. The number of nitrogens with zero attached hydrogens (tertiary/aromatic N) is 1. The maximum Gasteiger partial charge on any atom is 0.315 e. The Kier molecular flexibility index (Phi) is 7.43. The molecule has 1 saturated heterocycles. The molecule has 1 aromatic carbocycles. The molecule has 0 bridgehead atoms. The number of nitrogens with one attached hydrogen (secondary N) is 1. The van der Waals surface area contributed by atoms with Crippen LogP contribution >= 0.6 is 11.8 Å². The molecule has 1 aromatic rings. The lowest BCUT2D eigenvalue weighted by Crippen LogP contribution is -2.32. The van der Waals surface area contributed by atoms with Crippen LogP contribution in [0.25, 0.3) is 0 Å². The summed E-state index contributed by atoms with van der Waals surface area (Å²) >= 11 is 1.26. The number of esters is 1. The van der Waals surface area contributed by atoms with Gasteiger partial charge in [0.2, 0.25) is 5.91 Å². The topological polar surface area (TPSA) is 58.6 Å². The summed E-state index contributed by atoms with van der Waals surface area (Å²) in [6, 6.07) is 7.97. The van der Waals surface area contributed by atoms with Crippen LogP contribution in [0.5, 0.6) is 0 Å². The number of amides is 1. The first-order valence-corrected chi connectivity index (χ1v) is 9.62. The number of hydrogen-bond donors (Lipinski definition) is 1. The van der Waals surface area contributed by atoms with Gasteiger partial charge in [-0.1, -0.05) is 6.92 Å². The predicted octanol–water partition coefficient (Wildman–Crippen LogP) is 3.16. The van der Waals surface area contributed by atoms with Crippen molar-refractivity contribution in [2.75, 3.05) is 41.4 Å². The van der Waals surface area contributed by atoms with Crippen molar-refractivity contribution in [3.8, 4) is 0 Å². The van der Waals surface area contributed by atoms with Gasteiger partial charge < -0.3 is 15.0 Å². The number of benzene rings is 1. The average Bonchev–Trinajstić information content (AvgIpc) is 2.56. The Balaban J connectivity index is 1.75. The van der Waals surface area contributed by atoms with Crippen molar-refractivity contribution in [3.05, 3.63) is 24.3 Å². The molecule has 0 aliphatic carbocycles. The summed E-state index contributed by atoms with van der Waals surface area (Å²) in [6.07, 6.45) is 2.46. The third kappa shape index (κ3) is 6.07. The molecule has 1 aliphatic rings. The van der Waals surface area contributed by atoms with Crippen molar-refractivity contribution in [1.82, 2.24) is 0 Å². The van der Waals surface area contributed by atoms with E-state index in [-0.39, 0.29) is 23.4 Å². The third-order valence-corrected chi connectivity index (χ3v) is 4.96. The fourth-order valence-electron chi connectivity index (χ4n) is 2.65. The molecule has 2 rings (SSSR count). The zero-order chi connectivity index (χ0) is 17.4. The van der Waals surface area contributed by atoms with E-state index >= 15 is 0 Å². The Bertz CT molecular complexity index is 540. The second kappa shape index (κ2) is 9.57. The maximum atomic E-state index is 11.9. The molecule has 1 aliphatic heterocycles. The van der Waals surface area contributed by atoms with Crippen LogP contribution in [0.3, 0.4) is 0 Å². The molecular formula is C18H26N2O3S. The van der Waals surface area contributed by atoms with Gasteiger partial charge in [0.1, 0.15) is 0 Å². The molecule has 0 unspecified atom stereocenters. The van der Waals surface area contributed by atoms with E-state index in [2.05, 4.69) is 29.3 Å². The summed E-state index contributed by atoms with van der Waals surface area (Å²) in [4.78, 5) is 25.5. The lowest BCUT2D eigenvalue weighted by molar-refractivity contribution is -0.139. The zero-order valence-electron chi connectivity index (χ0n) is 14.4. The van der Waals surface area contributed by atoms with Crippen LogP contribution in [0.1, 0.15) is 26.7 Å². The van der Waals surface area contributed by atoms with Gasteiger partial charge in [0.25, 0.3) is 0 Å². The SMILES string of the molecule is CCOC(=O)CSCC(=O)Nc1ccc(N2CCC(C)CC2)cc1. The van der Waals surface area contributed by atoms with Crippen LogP contribution in [0.4, 0.5) is 11.4 Å². The van der Waals surface area contributed by atoms with Crippen molar-refractivity contribution >= 4 is 35.0 Å². The van der Waals surface area contributed by atoms with Crippen molar-refractivity contribution < 1.29 is 14.3 Å². The van der Waals surface area contributed by atoms with Gasteiger partial charge >= 0.3 is 5.97 Å². The molecule has 0 saturated carbocycles. The minimum absolute atomic E-state index is 0.108. The lowest BCUT2D eigenvalue weighted by atomic mass is 9.99. The second-order valence-electron chi connectivity index (χ2n) is 6.06. The Labute approximate surface area is 148 Å². The third-order valence-electron chi connectivity index (χ3n) is 4.06. The van der Waals surface area contributed by atoms with Crippen LogP contribution < -0.4 is 10.2 Å². The Morgan fingerprint density at radius 1 is 1.21 bits per heavy atom. The largest absolute Gasteiger partial charge is 0.465 e. The van der Waals surface area contributed by atoms with Gasteiger partial charge in [-0.15, -0.1) is 11.8 Å². The molecular weight excluding hydrogens is 324 g/mol. The summed E-state index contributed by atoms with van der Waals surface area (Å²) < 4.78 is 4.82. The highest BCUT2D eigenvalue weighted by atomic mass is 32.2. The number of hydrogen-bond acceptors (Lipinski definition) is 5. The number of rotatable bonds is 7. The second-order valence-corrected chi connectivity index (χ2v) is 7.05. The molecule has 1 amide bonds. The Morgan fingerprint density at radius 3 is 2.50 bits per heavy atom. The molecule has 132 valence electrons. The minimum atomic E-state index is -0.282. The molecule has 24 heavy (non-hydrogen) atoms. The lowest BCUT2D eigenvalue weighted by Gasteiger charge is -2.32. The standard InChI is InChI=1S/C18H26N2O3S/c1-3-23-18(22)13-24-12-17(21)19-15-4-6-16(7-5-15)20-10-8-14(2)9-11-20/h4-7,14H,3,8-13H2,1-2H3,(H,19,21). The van der Waals surface area contributed by atoms with Gasteiger partial charge in [0.15, 0.2) is 0 Å². The molecule has 5 nitrogen and oxygen atoms in total. The van der Waals surface area contributed by atoms with Crippen LogP contribution in [-0.4, -0.2) is 43.1 Å². The van der Waals surface area contributed by atoms with Gasteiger partial charge in [-0.3, -0.25) is 9.59 Å². The number of carbonyl (C=O) groups excluding carboxylic acids is 2. The quantitative estimate of drug-likeness (QED) is 0.766. The Morgan fingerprint density at radius 2 is 1.88 bits per heavy atom. The van der Waals surface area contributed by atoms with E-state index in [1.54, 1.807) is 6.92 Å². The summed E-state index contributed by atoms with van der Waals surface area (Å²) in [5.41, 5.74) is 1.99. The van der Waals surface area contributed by atoms with Crippen molar-refractivity contribution in [3.63, 3.8) is 0 Å². The van der Waals surface area contributed by atoms with Crippen molar-refractivity contribution in [1.29, 1.82) is 0 Å². The fourth-order valence-corrected chi connectivity index (χ4v) is 3.26. The van der Waals surface area contributed by atoms with Crippen LogP contribution in [0.2, 0.25) is 0 Å². The van der Waals surface area contributed by atoms with E-state index in [9.17, 15) is 9.59 Å². The number of ether oxygens (including phenoxy) is 1. The Hall–Kier alpha value is -1.69. The van der Waals surface area contributed by atoms with E-state index in [0.29, 0.717) is 6.61 Å². The van der Waals surface area contributed by atoms with Crippen LogP contribution in [-0.2, 0) is 14.3 Å². The molecule has 1 fully saturated rings. The van der Waals surface area contributed by atoms with E-state index < -0.39 is 0 Å². The smallest absolute Gasteiger partial charge is 0.315 e. The first-order valence-electron chi connectivity index (χ1n) is 8.46. The maximum absolute atomic E-state index is 11.9. The van der Waals surface area contributed by atoms with Gasteiger partial charge in [0, 0.05) is 24.5 Å². The fraction of sp³-hybridized carbons (Fsp3) is 0.556. The van der Waals surface area contributed by atoms with E-state index in [1.807, 2.05) is 12.1 Å². The molecule has 0 radical (unpaired) electrons. The number of thioether (sulfide) groups is 1. The van der Waals surface area contributed by atoms with Gasteiger partial charge in [-0.05, 0) is 49.9 Å². The first-order chi connectivity index (χ1) is 11.6. The molecule has 1 N–H and O–H groups in total. The van der Waals surface area contributed by atoms with Crippen LogP contribution in [0, 0.1) is 5.92 Å². The summed E-state index contributed by atoms with van der Waals surface area (Å²) in [7, 11) is 0. The highest BCUT2D eigenvalue weighted by Crippen LogP contribution is 2.24. The van der Waals surface area contributed by atoms with Crippen molar-refractivity contribution in [2.45, 2.75) is 26.7 Å². The van der Waals surface area contributed by atoms with Gasteiger partial charge in [-0.25, -0.2) is 0 Å². The molecule has 6 heteroatoms. The average molecular weight is 350 g/mol. The minimum Gasteiger partial charge on any atom is -0.465 e. The zero-order valence-corrected chi connectivity index (χ0v) is 15.2. The molecule has 0 aromatic heterocycles. The highest BCUT2D eigenvalue weighted by Gasteiger charge is 2.16. The highest BCUT2D eigenvalue weighted by molar-refractivity contribution is 8.00. The normalized spacial score (nSPS) is 15.2. The molecule has 0 atom stereocenters. The van der Waals surface area contributed by atoms with Crippen LogP contribution in [0.15, 0.2) is 24.3 Å². The summed E-state index contributed by atoms with van der Waals surface area (Å²) in [6.45, 7) is 6.63. The summed E-state index contributed by atoms with van der Waals surface area (Å²) in [5.74, 6) is 0.865. The van der Waals surface area contributed by atoms with E-state index in [0.717, 1.165) is 24.7 Å². The van der Waals surface area contributed by atoms with Gasteiger partial charge in [0.05, 0.1) is 18.1 Å². The van der Waals surface area contributed by atoms with E-state index in [4.69, 9.17) is 4.74 Å². The molecule has 0 spiro atoms. The molecule has 1 heterocycles. The predicted molar refractivity (Wildman–Crippen MR) is 99.6 cm³/mol. The van der Waals surface area contributed by atoms with Gasteiger partial charge in [-0.2, -0.15) is 0 Å². The number of carbonyl (C=O) groups is 2. The monoisotopic (exact) mass is 350 g/mol. The number of anilines is 2. The van der Waals surface area contributed by atoms with E-state index in [1.165, 1.54) is 30.3 Å².